The van der Waals surface area contributed by atoms with Crippen molar-refractivity contribution in [2.24, 2.45) is 0 Å². The second kappa shape index (κ2) is 7.38. The average Bonchev–Trinajstić information content (AvgIpc) is 3.32. The van der Waals surface area contributed by atoms with Gasteiger partial charge in [-0.1, -0.05) is 0 Å². The lowest BCUT2D eigenvalue weighted by atomic mass is 10.1. The van der Waals surface area contributed by atoms with Gasteiger partial charge >= 0.3 is 0 Å². The van der Waals surface area contributed by atoms with Crippen LogP contribution in [0.3, 0.4) is 0 Å². The third-order valence-corrected chi connectivity index (χ3v) is 5.50. The molecular formula is C23H19FN4O3S. The quantitative estimate of drug-likeness (QED) is 0.334. The molecule has 0 fully saturated rings. The van der Waals surface area contributed by atoms with Crippen molar-refractivity contribution in [3.63, 3.8) is 0 Å². The summed E-state index contributed by atoms with van der Waals surface area (Å²) in [7, 11) is -2.43. The van der Waals surface area contributed by atoms with Gasteiger partial charge in [0.05, 0.1) is 11.2 Å². The summed E-state index contributed by atoms with van der Waals surface area (Å²) in [6.07, 6.45) is 2.95. The van der Waals surface area contributed by atoms with Crippen molar-refractivity contribution in [1.82, 2.24) is 9.97 Å². The Morgan fingerprint density at radius 1 is 1.09 bits per heavy atom. The van der Waals surface area contributed by atoms with Gasteiger partial charge in [0.1, 0.15) is 23.5 Å². The van der Waals surface area contributed by atoms with Crippen molar-refractivity contribution in [3.8, 4) is 11.5 Å². The number of nitrogens with zero attached hydrogens (tertiary/aromatic N) is 2. The van der Waals surface area contributed by atoms with Crippen LogP contribution in [0.2, 0.25) is 0 Å². The van der Waals surface area contributed by atoms with E-state index in [2.05, 4.69) is 25.9 Å². The highest BCUT2D eigenvalue weighted by atomic mass is 32.2. The van der Waals surface area contributed by atoms with Gasteiger partial charge in [0, 0.05) is 39.2 Å². The van der Waals surface area contributed by atoms with Crippen LogP contribution in [0.5, 0.6) is 11.5 Å². The summed E-state index contributed by atoms with van der Waals surface area (Å²) in [5.41, 5.74) is 3.96. The molecule has 5 rings (SSSR count). The molecule has 0 aliphatic carbocycles. The van der Waals surface area contributed by atoms with Crippen LogP contribution in [0.25, 0.3) is 22.1 Å². The highest BCUT2D eigenvalue weighted by Crippen LogP contribution is 2.38. The zero-order valence-corrected chi connectivity index (χ0v) is 18.1. The SMILES string of the molecule is C=S(C)(=O)Nc1cc(C)c2c(Nc3ccc(F)cc3Oc3cc4ccc3o4)ncnc2c1. The Morgan fingerprint density at radius 3 is 2.66 bits per heavy atom. The minimum atomic E-state index is -2.43. The van der Waals surface area contributed by atoms with E-state index in [-0.39, 0.29) is 0 Å². The van der Waals surface area contributed by atoms with Crippen LogP contribution < -0.4 is 14.8 Å². The van der Waals surface area contributed by atoms with E-state index in [0.29, 0.717) is 45.4 Å². The maximum Gasteiger partial charge on any atom is 0.173 e. The summed E-state index contributed by atoms with van der Waals surface area (Å²) in [4.78, 5) is 8.73. The maximum atomic E-state index is 14.0. The van der Waals surface area contributed by atoms with Crippen LogP contribution in [0, 0.1) is 12.7 Å². The fourth-order valence-electron chi connectivity index (χ4n) is 3.57. The Morgan fingerprint density at radius 2 is 1.94 bits per heavy atom. The molecule has 2 bridgehead atoms. The number of rotatable bonds is 6. The number of anilines is 3. The number of benzene rings is 3. The van der Waals surface area contributed by atoms with E-state index in [4.69, 9.17) is 9.15 Å². The standard InChI is InChI=1S/C23H19FN4O3S/c1-13-8-15(28-32(2,3)29)10-18-22(13)23(26-12-25-18)27-17-6-4-14(24)9-20(17)31-21-11-16-5-7-19(21)30-16/h4-12H,2H2,1,3H3,(H,28,29)(H,25,26,27). The molecule has 0 saturated carbocycles. The molecule has 0 radical (unpaired) electrons. The monoisotopic (exact) mass is 450 g/mol. The summed E-state index contributed by atoms with van der Waals surface area (Å²) in [5.74, 6) is 4.52. The van der Waals surface area contributed by atoms with Crippen molar-refractivity contribution < 1.29 is 17.8 Å². The number of halogens is 1. The van der Waals surface area contributed by atoms with E-state index in [0.717, 1.165) is 10.9 Å². The third-order valence-electron chi connectivity index (χ3n) is 4.83. The Kier molecular flexibility index (Phi) is 4.63. The average molecular weight is 450 g/mol. The van der Waals surface area contributed by atoms with Gasteiger partial charge in [-0.3, -0.25) is 0 Å². The molecule has 0 amide bonds. The summed E-state index contributed by atoms with van der Waals surface area (Å²) >= 11 is 0. The molecule has 0 spiro atoms. The molecule has 9 heteroatoms. The van der Waals surface area contributed by atoms with Gasteiger partial charge in [-0.15, -0.1) is 0 Å². The number of hydrogen-bond acceptors (Lipinski definition) is 6. The molecule has 0 aliphatic heterocycles. The first-order valence-corrected chi connectivity index (χ1v) is 11.8. The Bertz CT molecular complexity index is 1560. The summed E-state index contributed by atoms with van der Waals surface area (Å²) in [6.45, 7) is 1.91. The molecule has 7 nitrogen and oxygen atoms in total. The van der Waals surface area contributed by atoms with Crippen molar-refractivity contribution in [2.45, 2.75) is 6.92 Å². The number of aryl methyl sites for hydroxylation is 1. The first-order chi connectivity index (χ1) is 15.2. The van der Waals surface area contributed by atoms with Crippen molar-refractivity contribution in [2.75, 3.05) is 16.3 Å². The van der Waals surface area contributed by atoms with E-state index in [1.807, 2.05) is 19.1 Å². The van der Waals surface area contributed by atoms with Crippen LogP contribution in [-0.2, 0) is 9.71 Å². The lowest BCUT2D eigenvalue weighted by Gasteiger charge is -2.15. The Balaban J connectivity index is 1.54. The van der Waals surface area contributed by atoms with Gasteiger partial charge in [0.25, 0.3) is 0 Å². The number of aromatic nitrogens is 2. The second-order valence-corrected chi connectivity index (χ2v) is 9.81. The topological polar surface area (TPSA) is 89.3 Å². The van der Waals surface area contributed by atoms with Crippen molar-refractivity contribution in [3.05, 3.63) is 66.2 Å². The van der Waals surface area contributed by atoms with Crippen LogP contribution in [0.15, 0.2) is 59.3 Å². The molecule has 5 aromatic rings. The second-order valence-electron chi connectivity index (χ2n) is 7.59. The van der Waals surface area contributed by atoms with Gasteiger partial charge in [-0.2, -0.15) is 0 Å². The molecule has 2 N–H and O–H groups in total. The van der Waals surface area contributed by atoms with Crippen molar-refractivity contribution >= 4 is 54.8 Å². The predicted molar refractivity (Wildman–Crippen MR) is 126 cm³/mol. The smallest absolute Gasteiger partial charge is 0.173 e. The maximum absolute atomic E-state index is 14.0. The largest absolute Gasteiger partial charge is 0.453 e. The predicted octanol–water partition coefficient (Wildman–Crippen LogP) is 5.47. The minimum absolute atomic E-state index is 0.291. The van der Waals surface area contributed by atoms with Crippen LogP contribution >= 0.6 is 0 Å². The van der Waals surface area contributed by atoms with Crippen molar-refractivity contribution in [1.29, 1.82) is 0 Å². The Hall–Kier alpha value is -3.85. The van der Waals surface area contributed by atoms with E-state index in [1.54, 1.807) is 24.3 Å². The van der Waals surface area contributed by atoms with Gasteiger partial charge in [-0.05, 0) is 54.8 Å². The van der Waals surface area contributed by atoms with Gasteiger partial charge < -0.3 is 19.2 Å². The summed E-state index contributed by atoms with van der Waals surface area (Å²) in [6, 6.07) is 13.2. The lowest BCUT2D eigenvalue weighted by Crippen LogP contribution is -2.09. The fourth-order valence-corrected chi connectivity index (χ4v) is 4.18. The molecule has 32 heavy (non-hydrogen) atoms. The van der Waals surface area contributed by atoms with Gasteiger partial charge in [0.2, 0.25) is 0 Å². The van der Waals surface area contributed by atoms with Gasteiger partial charge in [-0.25, -0.2) is 18.6 Å². The number of furan rings is 2. The highest BCUT2D eigenvalue weighted by molar-refractivity contribution is 8.00. The molecule has 1 unspecified atom stereocenters. The zero-order valence-electron chi connectivity index (χ0n) is 17.3. The van der Waals surface area contributed by atoms with E-state index in [1.165, 1.54) is 24.7 Å². The number of ether oxygens (including phenoxy) is 1. The fraction of sp³-hybridized carbons (Fsp3) is 0.0870. The van der Waals surface area contributed by atoms with Gasteiger partial charge in [0.15, 0.2) is 17.1 Å². The lowest BCUT2D eigenvalue weighted by molar-refractivity contribution is 0.479. The first kappa shape index (κ1) is 20.1. The minimum Gasteiger partial charge on any atom is -0.453 e. The molecular weight excluding hydrogens is 431 g/mol. The van der Waals surface area contributed by atoms with Crippen LogP contribution in [-0.4, -0.2) is 26.3 Å². The number of fused-ring (bicyclic) bond motifs is 3. The summed E-state index contributed by atoms with van der Waals surface area (Å²) < 4.78 is 40.4. The number of hydrogen-bond donors (Lipinski definition) is 2. The molecule has 3 heterocycles. The number of nitrogens with one attached hydrogen (secondary N) is 2. The normalized spacial score (nSPS) is 13.3. The molecule has 3 aromatic heterocycles. The first-order valence-electron chi connectivity index (χ1n) is 9.67. The zero-order chi connectivity index (χ0) is 22.5. The van der Waals surface area contributed by atoms with E-state index < -0.39 is 15.5 Å². The molecule has 162 valence electrons. The summed E-state index contributed by atoms with van der Waals surface area (Å²) in [5, 5.41) is 4.01. The third kappa shape index (κ3) is 3.90. The highest BCUT2D eigenvalue weighted by Gasteiger charge is 2.15. The van der Waals surface area contributed by atoms with E-state index in [9.17, 15) is 8.60 Å². The molecule has 0 saturated heterocycles. The molecule has 2 aromatic carbocycles. The van der Waals surface area contributed by atoms with Crippen LogP contribution in [0.4, 0.5) is 21.6 Å². The Labute approximate surface area is 183 Å². The molecule has 0 aliphatic rings. The molecule has 1 atom stereocenters. The van der Waals surface area contributed by atoms with Crippen LogP contribution in [0.1, 0.15) is 5.56 Å². The van der Waals surface area contributed by atoms with E-state index >= 15 is 0 Å².